The lowest BCUT2D eigenvalue weighted by molar-refractivity contribution is -0.121. The highest BCUT2D eigenvalue weighted by Gasteiger charge is 2.11. The van der Waals surface area contributed by atoms with Crippen LogP contribution in [0.5, 0.6) is 0 Å². The van der Waals surface area contributed by atoms with Crippen LogP contribution < -0.4 is 5.32 Å². The number of aryl methyl sites for hydroxylation is 1. The van der Waals surface area contributed by atoms with Crippen molar-refractivity contribution in [3.05, 3.63) is 35.7 Å². The van der Waals surface area contributed by atoms with Crippen LogP contribution in [0.15, 0.2) is 28.8 Å². The maximum absolute atomic E-state index is 11.7. The normalized spacial score (nSPS) is 11.0. The molecular weight excluding hydrogens is 290 g/mol. The lowest BCUT2D eigenvalue weighted by Gasteiger charge is -2.04. The van der Waals surface area contributed by atoms with Crippen molar-refractivity contribution in [1.82, 2.24) is 15.5 Å². The Bertz CT molecular complexity index is 617. The molecule has 5 nitrogen and oxygen atoms in total. The van der Waals surface area contributed by atoms with Gasteiger partial charge in [0.1, 0.15) is 0 Å². The van der Waals surface area contributed by atoms with Gasteiger partial charge in [0.05, 0.1) is 0 Å². The molecule has 0 aliphatic carbocycles. The molecule has 0 fully saturated rings. The molecule has 1 aromatic heterocycles. The van der Waals surface area contributed by atoms with Crippen LogP contribution in [0.25, 0.3) is 11.4 Å². The average Bonchev–Trinajstić information content (AvgIpc) is 3.02. The van der Waals surface area contributed by atoms with E-state index in [9.17, 15) is 4.79 Å². The molecule has 5 heteroatoms. The van der Waals surface area contributed by atoms with Crippen LogP contribution in [-0.4, -0.2) is 22.6 Å². The van der Waals surface area contributed by atoms with Crippen LogP contribution >= 0.6 is 0 Å². The molecule has 2 aromatic rings. The molecule has 0 radical (unpaired) electrons. The van der Waals surface area contributed by atoms with Crippen molar-refractivity contribution < 1.29 is 9.32 Å². The van der Waals surface area contributed by atoms with Crippen molar-refractivity contribution >= 4 is 5.91 Å². The Labute approximate surface area is 137 Å². The minimum atomic E-state index is 0.0273. The average molecular weight is 315 g/mol. The molecule has 0 bridgehead atoms. The minimum absolute atomic E-state index is 0.0273. The molecule has 0 unspecified atom stereocenters. The van der Waals surface area contributed by atoms with Gasteiger partial charge in [-0.3, -0.25) is 4.79 Å². The highest BCUT2D eigenvalue weighted by molar-refractivity contribution is 5.75. The molecule has 1 amide bonds. The second kappa shape index (κ2) is 8.46. The fourth-order valence-electron chi connectivity index (χ4n) is 2.20. The third-order valence-electron chi connectivity index (χ3n) is 3.72. The summed E-state index contributed by atoms with van der Waals surface area (Å²) in [6.45, 7) is 7.15. The van der Waals surface area contributed by atoms with Crippen LogP contribution in [0.2, 0.25) is 0 Å². The van der Waals surface area contributed by atoms with Crippen molar-refractivity contribution in [3.63, 3.8) is 0 Å². The number of aromatic nitrogens is 2. The van der Waals surface area contributed by atoms with Crippen molar-refractivity contribution in [2.24, 2.45) is 0 Å². The predicted octanol–water partition coefficient (Wildman–Crippen LogP) is 3.71. The molecule has 0 saturated heterocycles. The number of hydrogen-bond donors (Lipinski definition) is 1. The predicted molar refractivity (Wildman–Crippen MR) is 90.1 cm³/mol. The quantitative estimate of drug-likeness (QED) is 0.754. The number of hydrogen-bond acceptors (Lipinski definition) is 4. The van der Waals surface area contributed by atoms with Crippen LogP contribution in [0.1, 0.15) is 57.4 Å². The molecular formula is C18H25N3O2. The second-order valence-electron chi connectivity index (χ2n) is 5.99. The highest BCUT2D eigenvalue weighted by Crippen LogP contribution is 2.20. The largest absolute Gasteiger partial charge is 0.356 e. The zero-order valence-corrected chi connectivity index (χ0v) is 14.1. The van der Waals surface area contributed by atoms with E-state index in [1.165, 1.54) is 5.56 Å². The summed E-state index contributed by atoms with van der Waals surface area (Å²) in [5.41, 5.74) is 2.21. The first-order valence-electron chi connectivity index (χ1n) is 8.29. The minimum Gasteiger partial charge on any atom is -0.356 e. The fourth-order valence-corrected chi connectivity index (χ4v) is 2.20. The number of amides is 1. The molecule has 124 valence electrons. The second-order valence-corrected chi connectivity index (χ2v) is 5.99. The Morgan fingerprint density at radius 2 is 2.00 bits per heavy atom. The Balaban J connectivity index is 1.89. The van der Waals surface area contributed by atoms with Gasteiger partial charge in [-0.1, -0.05) is 56.6 Å². The van der Waals surface area contributed by atoms with Crippen LogP contribution in [0, 0.1) is 0 Å². The summed E-state index contributed by atoms with van der Waals surface area (Å²) < 4.78 is 5.23. The van der Waals surface area contributed by atoms with E-state index in [1.807, 2.05) is 12.1 Å². The molecule has 0 aliphatic heterocycles. The van der Waals surface area contributed by atoms with E-state index in [0.29, 0.717) is 30.5 Å². The van der Waals surface area contributed by atoms with Gasteiger partial charge in [0.2, 0.25) is 17.6 Å². The van der Waals surface area contributed by atoms with Gasteiger partial charge < -0.3 is 9.84 Å². The van der Waals surface area contributed by atoms with Crippen LogP contribution in [0.3, 0.4) is 0 Å². The Hall–Kier alpha value is -2.17. The number of carbonyl (C=O) groups is 1. The molecule has 2 rings (SSSR count). The van der Waals surface area contributed by atoms with E-state index >= 15 is 0 Å². The zero-order valence-electron chi connectivity index (χ0n) is 14.1. The Morgan fingerprint density at radius 1 is 1.26 bits per heavy atom. The van der Waals surface area contributed by atoms with Crippen molar-refractivity contribution in [3.8, 4) is 11.4 Å². The number of carbonyl (C=O) groups excluding carboxylic acids is 1. The van der Waals surface area contributed by atoms with Gasteiger partial charge >= 0.3 is 0 Å². The first-order chi connectivity index (χ1) is 11.1. The number of nitrogens with zero attached hydrogens (tertiary/aromatic N) is 2. The van der Waals surface area contributed by atoms with E-state index < -0.39 is 0 Å². The number of rotatable bonds is 8. The summed E-state index contributed by atoms with van der Waals surface area (Å²) in [7, 11) is 0. The third kappa shape index (κ3) is 5.20. The van der Waals surface area contributed by atoms with E-state index in [4.69, 9.17) is 4.52 Å². The first-order valence-corrected chi connectivity index (χ1v) is 8.29. The molecule has 0 spiro atoms. The van der Waals surface area contributed by atoms with Crippen LogP contribution in [-0.2, 0) is 11.2 Å². The lowest BCUT2D eigenvalue weighted by atomic mass is 10.0. The fraction of sp³-hybridized carbons (Fsp3) is 0.500. The number of benzene rings is 1. The van der Waals surface area contributed by atoms with Crippen molar-refractivity contribution in [1.29, 1.82) is 0 Å². The third-order valence-corrected chi connectivity index (χ3v) is 3.72. The summed E-state index contributed by atoms with van der Waals surface area (Å²) in [6.07, 6.45) is 2.92. The van der Waals surface area contributed by atoms with E-state index in [-0.39, 0.29) is 5.91 Å². The standard InChI is InChI=1S/C18H25N3O2/c1-4-5-12-19-16(22)10-11-17-20-18(21-23-17)15-8-6-14(7-9-15)13(2)3/h6-9,13H,4-5,10-12H2,1-3H3,(H,19,22). The Morgan fingerprint density at radius 3 is 2.65 bits per heavy atom. The molecule has 1 aromatic carbocycles. The zero-order chi connectivity index (χ0) is 16.7. The Kier molecular flexibility index (Phi) is 6.32. The maximum Gasteiger partial charge on any atom is 0.227 e. The molecule has 1 heterocycles. The van der Waals surface area contributed by atoms with Gasteiger partial charge in [0, 0.05) is 24.9 Å². The summed E-state index contributed by atoms with van der Waals surface area (Å²) in [4.78, 5) is 16.0. The number of nitrogens with one attached hydrogen (secondary N) is 1. The van der Waals surface area contributed by atoms with Gasteiger partial charge in [-0.25, -0.2) is 0 Å². The number of unbranched alkanes of at least 4 members (excludes halogenated alkanes) is 1. The van der Waals surface area contributed by atoms with E-state index in [1.54, 1.807) is 0 Å². The van der Waals surface area contributed by atoms with E-state index in [2.05, 4.69) is 48.4 Å². The van der Waals surface area contributed by atoms with Crippen LogP contribution in [0.4, 0.5) is 0 Å². The van der Waals surface area contributed by atoms with Crippen molar-refractivity contribution in [2.75, 3.05) is 6.54 Å². The highest BCUT2D eigenvalue weighted by atomic mass is 16.5. The first kappa shape index (κ1) is 17.2. The maximum atomic E-state index is 11.7. The lowest BCUT2D eigenvalue weighted by Crippen LogP contribution is -2.24. The molecule has 0 aliphatic rings. The van der Waals surface area contributed by atoms with Gasteiger partial charge in [0.25, 0.3) is 0 Å². The van der Waals surface area contributed by atoms with Gasteiger partial charge in [-0.15, -0.1) is 0 Å². The van der Waals surface area contributed by atoms with Gasteiger partial charge in [-0.05, 0) is 17.9 Å². The molecule has 1 N–H and O–H groups in total. The molecule has 23 heavy (non-hydrogen) atoms. The molecule has 0 saturated carbocycles. The summed E-state index contributed by atoms with van der Waals surface area (Å²) in [5.74, 6) is 1.59. The smallest absolute Gasteiger partial charge is 0.227 e. The summed E-state index contributed by atoms with van der Waals surface area (Å²) >= 11 is 0. The van der Waals surface area contributed by atoms with Gasteiger partial charge in [0.15, 0.2) is 0 Å². The SMILES string of the molecule is CCCCNC(=O)CCc1nc(-c2ccc(C(C)C)cc2)no1. The summed E-state index contributed by atoms with van der Waals surface area (Å²) in [6, 6.07) is 8.16. The molecule has 0 atom stereocenters. The summed E-state index contributed by atoms with van der Waals surface area (Å²) in [5, 5.41) is 6.88. The van der Waals surface area contributed by atoms with Crippen molar-refractivity contribution in [2.45, 2.75) is 52.4 Å². The van der Waals surface area contributed by atoms with E-state index in [0.717, 1.165) is 24.9 Å². The van der Waals surface area contributed by atoms with Gasteiger partial charge in [-0.2, -0.15) is 4.98 Å². The topological polar surface area (TPSA) is 68.0 Å². The monoisotopic (exact) mass is 315 g/mol.